The van der Waals surface area contributed by atoms with Gasteiger partial charge in [-0.25, -0.2) is 0 Å². The third-order valence-corrected chi connectivity index (χ3v) is 7.75. The first-order chi connectivity index (χ1) is 10.1. The average molecular weight is 452 g/mol. The van der Waals surface area contributed by atoms with Crippen molar-refractivity contribution in [3.05, 3.63) is 18.5 Å². The molecule has 0 bridgehead atoms. The molecule has 116 valence electrons. The molecule has 0 saturated heterocycles. The Balaban J connectivity index is 1.78. The summed E-state index contributed by atoms with van der Waals surface area (Å²) >= 11 is 10.4. The Morgan fingerprint density at radius 1 is 1.00 bits per heavy atom. The van der Waals surface area contributed by atoms with Gasteiger partial charge in [-0.15, -0.1) is 22.7 Å². The van der Waals surface area contributed by atoms with Crippen LogP contribution in [-0.4, -0.2) is 5.78 Å². The summed E-state index contributed by atoms with van der Waals surface area (Å²) in [7, 11) is 0. The van der Waals surface area contributed by atoms with Crippen LogP contribution in [0.4, 0.5) is 0 Å². The summed E-state index contributed by atoms with van der Waals surface area (Å²) in [5.41, 5.74) is 0. The van der Waals surface area contributed by atoms with Gasteiger partial charge in [-0.3, -0.25) is 4.79 Å². The fourth-order valence-electron chi connectivity index (χ4n) is 2.37. The van der Waals surface area contributed by atoms with Crippen LogP contribution in [0.1, 0.15) is 68.0 Å². The van der Waals surface area contributed by atoms with Crippen LogP contribution in [-0.2, 0) is 0 Å². The van der Waals surface area contributed by atoms with Gasteiger partial charge in [0.05, 0.1) is 17.1 Å². The number of rotatable bonds is 9. The summed E-state index contributed by atoms with van der Waals surface area (Å²) in [4.78, 5) is 13.2. The highest BCUT2D eigenvalue weighted by Crippen LogP contribution is 2.43. The predicted octanol–water partition coefficient (Wildman–Crippen LogP) is 7.81. The molecule has 0 radical (unpaired) electrons. The Labute approximate surface area is 151 Å². The van der Waals surface area contributed by atoms with Crippen LogP contribution in [0.25, 0.3) is 10.1 Å². The zero-order valence-corrected chi connectivity index (χ0v) is 17.0. The molecule has 0 aliphatic rings. The second-order valence-electron chi connectivity index (χ2n) is 5.30. The van der Waals surface area contributed by atoms with Gasteiger partial charge in [0, 0.05) is 11.8 Å². The van der Waals surface area contributed by atoms with E-state index >= 15 is 0 Å². The van der Waals surface area contributed by atoms with E-state index in [1.165, 1.54) is 48.6 Å². The van der Waals surface area contributed by atoms with Crippen molar-refractivity contribution in [2.45, 2.75) is 58.3 Å². The minimum atomic E-state index is 0.300. The summed E-state index contributed by atoms with van der Waals surface area (Å²) in [5, 5.41) is 1.17. The van der Waals surface area contributed by atoms with Gasteiger partial charge < -0.3 is 0 Å². The number of Topliss-reactive ketones (excluding diaryl/α,β-unsaturated/α-hetero) is 1. The number of ketones is 1. The van der Waals surface area contributed by atoms with E-state index in [2.05, 4.69) is 38.8 Å². The molecular weight excluding hydrogens is 432 g/mol. The monoisotopic (exact) mass is 450 g/mol. The van der Waals surface area contributed by atoms with E-state index in [1.807, 2.05) is 6.07 Å². The van der Waals surface area contributed by atoms with Crippen molar-refractivity contribution in [1.29, 1.82) is 0 Å². The largest absolute Gasteiger partial charge is 0.293 e. The Hall–Kier alpha value is 0.290. The highest BCUT2D eigenvalue weighted by atomic mass is 79.9. The number of fused-ring (bicyclic) bond motifs is 1. The Morgan fingerprint density at radius 2 is 1.67 bits per heavy atom. The number of hydrogen-bond donors (Lipinski definition) is 0. The standard InChI is InChI=1S/C16H20Br2OS2/c1-2-3-4-5-6-7-8-9-12(19)13-10-11-14(20-13)16(18)21-15(11)17/h10H,2-9H2,1H3. The first-order valence-corrected chi connectivity index (χ1v) is 10.8. The van der Waals surface area contributed by atoms with Crippen molar-refractivity contribution in [2.24, 2.45) is 0 Å². The maximum atomic E-state index is 12.3. The van der Waals surface area contributed by atoms with Crippen LogP contribution in [0.3, 0.4) is 0 Å². The predicted molar refractivity (Wildman–Crippen MR) is 102 cm³/mol. The van der Waals surface area contributed by atoms with Crippen LogP contribution >= 0.6 is 54.5 Å². The molecular formula is C16H20Br2OS2. The van der Waals surface area contributed by atoms with E-state index < -0.39 is 0 Å². The normalized spacial score (nSPS) is 11.4. The Kier molecular flexibility index (Phi) is 7.39. The third-order valence-electron chi connectivity index (χ3n) is 3.58. The van der Waals surface area contributed by atoms with Gasteiger partial charge in [-0.2, -0.15) is 0 Å². The minimum absolute atomic E-state index is 0.300. The van der Waals surface area contributed by atoms with Crippen molar-refractivity contribution < 1.29 is 4.79 Å². The van der Waals surface area contributed by atoms with Crippen molar-refractivity contribution in [1.82, 2.24) is 0 Å². The summed E-state index contributed by atoms with van der Waals surface area (Å²) in [6, 6.07) is 2.04. The van der Waals surface area contributed by atoms with E-state index in [0.29, 0.717) is 12.2 Å². The second kappa shape index (κ2) is 8.80. The van der Waals surface area contributed by atoms with Crippen molar-refractivity contribution in [3.8, 4) is 0 Å². The first kappa shape index (κ1) is 17.6. The van der Waals surface area contributed by atoms with Crippen molar-refractivity contribution in [3.63, 3.8) is 0 Å². The maximum Gasteiger partial charge on any atom is 0.172 e. The van der Waals surface area contributed by atoms with Crippen LogP contribution in [0, 0.1) is 0 Å². The van der Waals surface area contributed by atoms with E-state index in [4.69, 9.17) is 0 Å². The van der Waals surface area contributed by atoms with Gasteiger partial charge in [-0.05, 0) is 44.3 Å². The van der Waals surface area contributed by atoms with Gasteiger partial charge in [0.2, 0.25) is 0 Å². The zero-order valence-electron chi connectivity index (χ0n) is 12.2. The Bertz CT molecular complexity index is 566. The van der Waals surface area contributed by atoms with Crippen LogP contribution in [0.15, 0.2) is 13.6 Å². The molecule has 0 fully saturated rings. The SMILES string of the molecule is CCCCCCCCCC(=O)c1cc2c(Br)sc(Br)c2s1. The summed E-state index contributed by atoms with van der Waals surface area (Å²) in [6.45, 7) is 2.24. The number of carbonyl (C=O) groups excluding carboxylic acids is 1. The van der Waals surface area contributed by atoms with Gasteiger partial charge >= 0.3 is 0 Å². The fraction of sp³-hybridized carbons (Fsp3) is 0.562. The highest BCUT2D eigenvalue weighted by Gasteiger charge is 2.15. The van der Waals surface area contributed by atoms with Crippen LogP contribution in [0.5, 0.6) is 0 Å². The van der Waals surface area contributed by atoms with Gasteiger partial charge in [0.25, 0.3) is 0 Å². The summed E-state index contributed by atoms with van der Waals surface area (Å²) < 4.78 is 3.41. The van der Waals surface area contributed by atoms with Crippen molar-refractivity contribution in [2.75, 3.05) is 0 Å². The third kappa shape index (κ3) is 4.88. The zero-order chi connectivity index (χ0) is 15.2. The molecule has 0 aliphatic carbocycles. The van der Waals surface area contributed by atoms with E-state index in [1.54, 1.807) is 22.7 Å². The molecule has 2 aromatic rings. The molecule has 0 saturated carbocycles. The molecule has 1 nitrogen and oxygen atoms in total. The molecule has 0 unspecified atom stereocenters. The summed E-state index contributed by atoms with van der Waals surface area (Å²) in [5.74, 6) is 0.300. The lowest BCUT2D eigenvalue weighted by molar-refractivity contribution is 0.0983. The van der Waals surface area contributed by atoms with Gasteiger partial charge in [-0.1, -0.05) is 45.4 Å². The quantitative estimate of drug-likeness (QED) is 0.280. The lowest BCUT2D eigenvalue weighted by Gasteiger charge is -2.00. The summed E-state index contributed by atoms with van der Waals surface area (Å²) in [6.07, 6.45) is 9.45. The topological polar surface area (TPSA) is 17.1 Å². The molecule has 0 N–H and O–H groups in total. The van der Waals surface area contributed by atoms with Gasteiger partial charge in [0.1, 0.15) is 0 Å². The molecule has 21 heavy (non-hydrogen) atoms. The smallest absolute Gasteiger partial charge is 0.172 e. The number of carbonyl (C=O) groups is 1. The molecule has 2 aromatic heterocycles. The molecule has 5 heteroatoms. The first-order valence-electron chi connectivity index (χ1n) is 7.54. The molecule has 0 atom stereocenters. The van der Waals surface area contributed by atoms with E-state index in [-0.39, 0.29) is 0 Å². The van der Waals surface area contributed by atoms with E-state index in [0.717, 1.165) is 18.9 Å². The lowest BCUT2D eigenvalue weighted by atomic mass is 10.1. The van der Waals surface area contributed by atoms with E-state index in [9.17, 15) is 4.79 Å². The number of thiophene rings is 2. The molecule has 0 amide bonds. The number of halogens is 2. The minimum Gasteiger partial charge on any atom is -0.293 e. The molecule has 2 heterocycles. The average Bonchev–Trinajstić information content (AvgIpc) is 3.00. The number of unbranched alkanes of at least 4 members (excludes halogenated alkanes) is 6. The molecule has 0 aliphatic heterocycles. The molecule has 2 rings (SSSR count). The lowest BCUT2D eigenvalue weighted by Crippen LogP contribution is -1.95. The fourth-order valence-corrected chi connectivity index (χ4v) is 6.80. The van der Waals surface area contributed by atoms with Crippen LogP contribution in [0.2, 0.25) is 0 Å². The van der Waals surface area contributed by atoms with Gasteiger partial charge in [0.15, 0.2) is 5.78 Å². The molecule has 0 aromatic carbocycles. The number of hydrogen-bond acceptors (Lipinski definition) is 3. The van der Waals surface area contributed by atoms with Crippen LogP contribution < -0.4 is 0 Å². The second-order valence-corrected chi connectivity index (χ2v) is 10.0. The maximum absolute atomic E-state index is 12.3. The Morgan fingerprint density at radius 3 is 2.33 bits per heavy atom. The molecule has 0 spiro atoms. The van der Waals surface area contributed by atoms with Crippen molar-refractivity contribution >= 4 is 70.4 Å². The highest BCUT2D eigenvalue weighted by molar-refractivity contribution is 9.12.